The van der Waals surface area contributed by atoms with Crippen LogP contribution < -0.4 is 19.3 Å². The summed E-state index contributed by atoms with van der Waals surface area (Å²) in [6.45, 7) is 7.62. The van der Waals surface area contributed by atoms with Gasteiger partial charge in [0.15, 0.2) is 0 Å². The van der Waals surface area contributed by atoms with Crippen molar-refractivity contribution in [3.63, 3.8) is 0 Å². The fourth-order valence-electron chi connectivity index (χ4n) is 6.31. The Morgan fingerprint density at radius 1 is 1.24 bits per heavy atom. The van der Waals surface area contributed by atoms with E-state index in [1.807, 2.05) is 14.1 Å². The summed E-state index contributed by atoms with van der Waals surface area (Å²) in [4.78, 5) is 31.0. The van der Waals surface area contributed by atoms with Gasteiger partial charge in [0.2, 0.25) is 5.91 Å². The second kappa shape index (κ2) is 12.8. The Morgan fingerprint density at radius 2 is 2.10 bits per heavy atom. The highest BCUT2D eigenvalue weighted by Gasteiger charge is 2.35. The number of aromatic nitrogens is 2. The molecule has 0 saturated carbocycles. The van der Waals surface area contributed by atoms with E-state index in [2.05, 4.69) is 45.5 Å². The molecule has 10 nitrogen and oxygen atoms in total. The molecule has 0 spiro atoms. The average molecular weight is 560 g/mol. The first-order valence-electron chi connectivity index (χ1n) is 14.6. The molecule has 2 aliphatic heterocycles. The van der Waals surface area contributed by atoms with E-state index < -0.39 is 0 Å². The number of amides is 1. The molecular weight excluding hydrogens is 518 g/mol. The Labute approximate surface area is 243 Å². The van der Waals surface area contributed by atoms with Crippen LogP contribution in [0.5, 0.6) is 11.8 Å². The van der Waals surface area contributed by atoms with E-state index in [9.17, 15) is 10.1 Å². The van der Waals surface area contributed by atoms with Crippen LogP contribution in [0.25, 0.3) is 0 Å². The topological polar surface area (TPSA) is 98.1 Å². The van der Waals surface area contributed by atoms with E-state index >= 15 is 0 Å². The van der Waals surface area contributed by atoms with Crippen molar-refractivity contribution in [1.82, 2.24) is 19.8 Å². The molecule has 0 radical (unpaired) electrons. The van der Waals surface area contributed by atoms with Crippen molar-refractivity contribution in [1.29, 1.82) is 5.26 Å². The number of fused-ring (bicyclic) bond motifs is 2. The molecule has 1 aliphatic carbocycles. The number of rotatable bonds is 9. The third-order valence-electron chi connectivity index (χ3n) is 8.43. The molecule has 3 heterocycles. The number of carbonyl (C=O) groups excluding carboxylic acids is 1. The summed E-state index contributed by atoms with van der Waals surface area (Å²) in [5.74, 6) is 1.65. The number of piperazine rings is 1. The molecule has 1 saturated heterocycles. The third-order valence-corrected chi connectivity index (χ3v) is 8.43. The molecular formula is C31H41N7O3. The number of nitriles is 1. The lowest BCUT2D eigenvalue weighted by molar-refractivity contribution is -0.128. The van der Waals surface area contributed by atoms with Gasteiger partial charge < -0.3 is 29.1 Å². The monoisotopic (exact) mass is 559 g/mol. The van der Waals surface area contributed by atoms with E-state index in [4.69, 9.17) is 19.4 Å². The summed E-state index contributed by atoms with van der Waals surface area (Å²) in [6, 6.07) is 9.19. The fraction of sp³-hybridized carbons (Fsp3) is 0.548. The first-order chi connectivity index (χ1) is 19.9. The number of methoxy groups -OCH3 is 1. The fourth-order valence-corrected chi connectivity index (χ4v) is 6.31. The first-order valence-corrected chi connectivity index (χ1v) is 14.6. The van der Waals surface area contributed by atoms with Gasteiger partial charge in [-0.25, -0.2) is 0 Å². The van der Waals surface area contributed by atoms with Crippen LogP contribution in [0.4, 0.5) is 11.5 Å². The van der Waals surface area contributed by atoms with Crippen molar-refractivity contribution in [3.8, 4) is 17.8 Å². The summed E-state index contributed by atoms with van der Waals surface area (Å²) in [5, 5.41) is 9.48. The Morgan fingerprint density at radius 3 is 2.85 bits per heavy atom. The molecule has 41 heavy (non-hydrogen) atoms. The number of likely N-dealkylation sites (N-methyl/N-ethyl adjacent to an activating group) is 1. The number of ether oxygens (including phenoxy) is 2. The average Bonchev–Trinajstić information content (AvgIpc) is 2.99. The lowest BCUT2D eigenvalue weighted by Gasteiger charge is -2.43. The number of nitrogens with zero attached hydrogens (tertiary/aromatic N) is 7. The van der Waals surface area contributed by atoms with Crippen molar-refractivity contribution >= 4 is 17.4 Å². The quantitative estimate of drug-likeness (QED) is 0.430. The molecule has 1 aromatic heterocycles. The molecule has 1 aromatic carbocycles. The van der Waals surface area contributed by atoms with Gasteiger partial charge in [-0.1, -0.05) is 6.58 Å². The second-order valence-corrected chi connectivity index (χ2v) is 11.3. The molecule has 0 N–H and O–H groups in total. The summed E-state index contributed by atoms with van der Waals surface area (Å²) in [7, 11) is 5.74. The van der Waals surface area contributed by atoms with Gasteiger partial charge in [0.25, 0.3) is 0 Å². The molecule has 2 unspecified atom stereocenters. The second-order valence-electron chi connectivity index (χ2n) is 11.3. The van der Waals surface area contributed by atoms with Crippen LogP contribution in [-0.4, -0.2) is 98.3 Å². The van der Waals surface area contributed by atoms with Gasteiger partial charge in [0.1, 0.15) is 18.2 Å². The van der Waals surface area contributed by atoms with E-state index in [0.717, 1.165) is 68.0 Å². The minimum Gasteiger partial charge on any atom is -0.497 e. The number of aryl methyl sites for hydroxylation is 1. The Hall–Kier alpha value is -3.84. The predicted molar refractivity (Wildman–Crippen MR) is 159 cm³/mol. The van der Waals surface area contributed by atoms with Crippen molar-refractivity contribution in [2.24, 2.45) is 0 Å². The molecule has 10 heteroatoms. The molecule has 3 aliphatic rings. The smallest absolute Gasteiger partial charge is 0.318 e. The molecule has 2 atom stereocenters. The molecule has 5 rings (SSSR count). The van der Waals surface area contributed by atoms with Gasteiger partial charge in [0, 0.05) is 56.4 Å². The van der Waals surface area contributed by atoms with Gasteiger partial charge in [-0.3, -0.25) is 4.79 Å². The lowest BCUT2D eigenvalue weighted by Crippen LogP contribution is -2.55. The molecule has 218 valence electrons. The third kappa shape index (κ3) is 6.25. The van der Waals surface area contributed by atoms with E-state index in [-0.39, 0.29) is 18.4 Å². The molecule has 2 aromatic rings. The van der Waals surface area contributed by atoms with Gasteiger partial charge in [0.05, 0.1) is 31.3 Å². The molecule has 0 bridgehead atoms. The maximum atomic E-state index is 12.5. The van der Waals surface area contributed by atoms with Crippen LogP contribution in [0.1, 0.15) is 36.1 Å². The Bertz CT molecular complexity index is 1310. The lowest BCUT2D eigenvalue weighted by atomic mass is 9.88. The van der Waals surface area contributed by atoms with E-state index in [0.29, 0.717) is 38.3 Å². The van der Waals surface area contributed by atoms with Crippen LogP contribution in [0.15, 0.2) is 30.9 Å². The normalized spacial score (nSPS) is 20.2. The summed E-state index contributed by atoms with van der Waals surface area (Å²) in [5.41, 5.74) is 4.83. The highest BCUT2D eigenvalue weighted by Crippen LogP contribution is 2.37. The number of benzene rings is 1. The van der Waals surface area contributed by atoms with Crippen molar-refractivity contribution in [3.05, 3.63) is 47.7 Å². The minimum absolute atomic E-state index is 0.135. The van der Waals surface area contributed by atoms with Gasteiger partial charge in [-0.15, -0.1) is 0 Å². The van der Waals surface area contributed by atoms with Crippen molar-refractivity contribution in [2.75, 3.05) is 70.3 Å². The Kier molecular flexibility index (Phi) is 8.93. The molecule has 1 amide bonds. The number of hydrogen-bond donors (Lipinski definition) is 0. The van der Waals surface area contributed by atoms with Crippen LogP contribution in [0.2, 0.25) is 0 Å². The van der Waals surface area contributed by atoms with Gasteiger partial charge in [-0.2, -0.15) is 15.2 Å². The first kappa shape index (κ1) is 28.7. The largest absolute Gasteiger partial charge is 0.497 e. The predicted octanol–water partition coefficient (Wildman–Crippen LogP) is 2.85. The number of anilines is 2. The van der Waals surface area contributed by atoms with Crippen molar-refractivity contribution < 1.29 is 14.3 Å². The highest BCUT2D eigenvalue weighted by molar-refractivity contribution is 5.87. The zero-order valence-corrected chi connectivity index (χ0v) is 24.5. The number of carbonyl (C=O) groups is 1. The van der Waals surface area contributed by atoms with E-state index in [1.165, 1.54) is 17.3 Å². The maximum absolute atomic E-state index is 12.5. The van der Waals surface area contributed by atoms with E-state index in [1.54, 1.807) is 12.0 Å². The summed E-state index contributed by atoms with van der Waals surface area (Å²) < 4.78 is 11.6. The zero-order valence-electron chi connectivity index (χ0n) is 24.5. The van der Waals surface area contributed by atoms with Gasteiger partial charge >= 0.3 is 6.01 Å². The number of hydrogen-bond acceptors (Lipinski definition) is 9. The summed E-state index contributed by atoms with van der Waals surface area (Å²) >= 11 is 0. The molecule has 1 fully saturated rings. The van der Waals surface area contributed by atoms with Crippen LogP contribution in [-0.2, 0) is 24.1 Å². The van der Waals surface area contributed by atoms with Crippen LogP contribution >= 0.6 is 0 Å². The zero-order chi connectivity index (χ0) is 28.9. The van der Waals surface area contributed by atoms with Crippen LogP contribution in [0, 0.1) is 11.3 Å². The minimum atomic E-state index is -0.221. The van der Waals surface area contributed by atoms with Gasteiger partial charge in [-0.05, 0) is 69.6 Å². The van der Waals surface area contributed by atoms with Crippen LogP contribution in [0.3, 0.4) is 0 Å². The standard InChI is InChI=1S/C31H41N7O3/c1-5-29(39)38-16-15-36(21-24(38)12-13-32)30-26-10-8-23(20-27(26)33-31(34-30)41-18-17-35(2)3)37-14-6-7-22-19-25(40-4)9-11-28(22)37/h5,9,11,19,23-24H,1,6-8,10,12,14-18,20-21H2,2-4H3. The maximum Gasteiger partial charge on any atom is 0.318 e. The SMILES string of the molecule is C=CC(=O)N1CCN(c2nc(OCCN(C)C)nc3c2CCC(N2CCCc4cc(OC)ccc42)C3)CC1CC#N. The highest BCUT2D eigenvalue weighted by atomic mass is 16.5. The van der Waals surface area contributed by atoms with Crippen molar-refractivity contribution in [2.45, 2.75) is 50.6 Å². The summed E-state index contributed by atoms with van der Waals surface area (Å²) in [6.07, 6.45) is 6.46. The Balaban J connectivity index is 1.44.